The van der Waals surface area contributed by atoms with Gasteiger partial charge in [-0.15, -0.1) is 0 Å². The Morgan fingerprint density at radius 3 is 2.26 bits per heavy atom. The molecule has 0 aromatic rings. The maximum atomic E-state index is 11.0. The van der Waals surface area contributed by atoms with Crippen molar-refractivity contribution in [1.29, 1.82) is 0 Å². The largest absolute Gasteiger partial charge is 0.389 e. The molecule has 1 heterocycles. The molecule has 1 saturated heterocycles. The monoisotopic (exact) mass is 401 g/mol. The van der Waals surface area contributed by atoms with Crippen LogP contribution in [-0.2, 0) is 4.74 Å². The highest BCUT2D eigenvalue weighted by molar-refractivity contribution is 8.16. The van der Waals surface area contributed by atoms with Gasteiger partial charge >= 0.3 is 0 Å². The van der Waals surface area contributed by atoms with E-state index in [1.165, 1.54) is 25.0 Å². The van der Waals surface area contributed by atoms with Crippen molar-refractivity contribution in [1.82, 2.24) is 4.90 Å². The van der Waals surface area contributed by atoms with Crippen molar-refractivity contribution >= 4 is 10.9 Å². The number of nitrogens with zero attached hydrogens (tertiary/aromatic N) is 1. The summed E-state index contributed by atoms with van der Waals surface area (Å²) in [5.41, 5.74) is -0.229. The third kappa shape index (κ3) is 6.10. The summed E-state index contributed by atoms with van der Waals surface area (Å²) in [4.78, 5) is 2.65. The number of hydrogen-bond donors (Lipinski definition) is 2. The van der Waals surface area contributed by atoms with E-state index < -0.39 is 5.60 Å². The Labute approximate surface area is 172 Å². The fraction of sp³-hybridized carbons (Fsp3) is 1.00. The molecule has 0 aromatic heterocycles. The minimum Gasteiger partial charge on any atom is -0.389 e. The minimum absolute atomic E-state index is 0.00289. The molecule has 0 amide bonds. The van der Waals surface area contributed by atoms with Crippen LogP contribution in [0.5, 0.6) is 0 Å². The van der Waals surface area contributed by atoms with Gasteiger partial charge in [-0.05, 0) is 67.1 Å². The number of rotatable bonds is 5. The van der Waals surface area contributed by atoms with Crippen molar-refractivity contribution in [2.45, 2.75) is 104 Å². The first-order valence-electron chi connectivity index (χ1n) is 11.1. The standard InChI is InChI=1S/C23H47NO2S/c1-18(24-14-15-26-20(17-24)21(2,3)4)11-16-27(8)19-9-12-23(25,13-10-19)22(5,6)7/h18-20,25,27H,9-17H2,1-8H3. The molecule has 1 aliphatic heterocycles. The molecule has 1 N–H and O–H groups in total. The van der Waals surface area contributed by atoms with Crippen molar-refractivity contribution < 1.29 is 9.84 Å². The summed E-state index contributed by atoms with van der Waals surface area (Å²) in [6.45, 7) is 18.9. The number of thiol groups is 1. The molecule has 3 unspecified atom stereocenters. The van der Waals surface area contributed by atoms with Crippen LogP contribution in [0.1, 0.15) is 80.6 Å². The summed E-state index contributed by atoms with van der Waals surface area (Å²) in [5, 5.41) is 11.8. The van der Waals surface area contributed by atoms with E-state index in [2.05, 4.69) is 59.6 Å². The summed E-state index contributed by atoms with van der Waals surface area (Å²) in [6, 6.07) is 0.652. The lowest BCUT2D eigenvalue weighted by atomic mass is 9.68. The zero-order valence-corrected chi connectivity index (χ0v) is 20.2. The molecule has 27 heavy (non-hydrogen) atoms. The minimum atomic E-state index is -0.456. The highest BCUT2D eigenvalue weighted by Gasteiger charge is 2.43. The Morgan fingerprint density at radius 2 is 1.74 bits per heavy atom. The first-order valence-corrected chi connectivity index (χ1v) is 13.2. The molecular formula is C23H47NO2S. The topological polar surface area (TPSA) is 32.7 Å². The summed E-state index contributed by atoms with van der Waals surface area (Å²) in [7, 11) is 0.0678. The van der Waals surface area contributed by atoms with Gasteiger partial charge in [-0.1, -0.05) is 41.5 Å². The second-order valence-electron chi connectivity index (χ2n) is 11.4. The second-order valence-corrected chi connectivity index (χ2v) is 14.0. The van der Waals surface area contributed by atoms with E-state index in [9.17, 15) is 5.11 Å². The van der Waals surface area contributed by atoms with Crippen LogP contribution in [0, 0.1) is 10.8 Å². The molecule has 1 saturated carbocycles. The van der Waals surface area contributed by atoms with Gasteiger partial charge in [0, 0.05) is 19.1 Å². The molecule has 0 aromatic carbocycles. The van der Waals surface area contributed by atoms with Gasteiger partial charge in [0.2, 0.25) is 0 Å². The molecule has 0 radical (unpaired) electrons. The van der Waals surface area contributed by atoms with Crippen LogP contribution in [-0.4, -0.2) is 64.7 Å². The molecule has 0 spiro atoms. The zero-order valence-electron chi connectivity index (χ0n) is 19.3. The van der Waals surface area contributed by atoms with E-state index in [-0.39, 0.29) is 21.7 Å². The van der Waals surface area contributed by atoms with E-state index in [0.29, 0.717) is 12.1 Å². The Hall–Kier alpha value is 0.230. The first-order chi connectivity index (χ1) is 12.3. The fourth-order valence-electron chi connectivity index (χ4n) is 4.62. The molecule has 2 fully saturated rings. The maximum absolute atomic E-state index is 11.0. The van der Waals surface area contributed by atoms with Crippen LogP contribution in [0.2, 0.25) is 0 Å². The van der Waals surface area contributed by atoms with Crippen molar-refractivity contribution in [3.8, 4) is 0 Å². The lowest BCUT2D eigenvalue weighted by Crippen LogP contribution is -2.51. The highest BCUT2D eigenvalue weighted by Crippen LogP contribution is 2.47. The van der Waals surface area contributed by atoms with E-state index in [0.717, 1.165) is 37.8 Å². The van der Waals surface area contributed by atoms with Crippen molar-refractivity contribution in [2.24, 2.45) is 10.8 Å². The molecular weight excluding hydrogens is 354 g/mol. The van der Waals surface area contributed by atoms with Crippen LogP contribution in [0.15, 0.2) is 0 Å². The maximum Gasteiger partial charge on any atom is 0.0750 e. The summed E-state index contributed by atoms with van der Waals surface area (Å²) in [6.07, 6.45) is 8.57. The molecule has 3 nitrogen and oxygen atoms in total. The molecule has 0 bridgehead atoms. The van der Waals surface area contributed by atoms with E-state index in [1.54, 1.807) is 0 Å². The fourth-order valence-corrected chi connectivity index (χ4v) is 6.91. The predicted molar refractivity (Wildman–Crippen MR) is 121 cm³/mol. The average molecular weight is 402 g/mol. The van der Waals surface area contributed by atoms with E-state index >= 15 is 0 Å². The number of aliphatic hydroxyl groups is 1. The van der Waals surface area contributed by atoms with Gasteiger partial charge in [-0.2, -0.15) is 0 Å². The Balaban J connectivity index is 1.78. The number of morpholine rings is 1. The van der Waals surface area contributed by atoms with Crippen molar-refractivity contribution in [3.63, 3.8) is 0 Å². The molecule has 162 valence electrons. The zero-order chi connectivity index (χ0) is 20.5. The van der Waals surface area contributed by atoms with E-state index in [1.807, 2.05) is 0 Å². The Kier molecular flexibility index (Phi) is 7.78. The number of ether oxygens (including phenoxy) is 1. The van der Waals surface area contributed by atoms with Crippen molar-refractivity contribution in [2.75, 3.05) is 31.7 Å². The van der Waals surface area contributed by atoms with Crippen LogP contribution < -0.4 is 0 Å². The van der Waals surface area contributed by atoms with Crippen LogP contribution in [0.25, 0.3) is 0 Å². The van der Waals surface area contributed by atoms with Gasteiger partial charge in [0.15, 0.2) is 0 Å². The Bertz CT molecular complexity index is 460. The predicted octanol–water partition coefficient (Wildman–Crippen LogP) is 4.86. The number of hydrogen-bond acceptors (Lipinski definition) is 3. The lowest BCUT2D eigenvalue weighted by Gasteiger charge is -2.47. The molecule has 4 heteroatoms. The summed E-state index contributed by atoms with van der Waals surface area (Å²) in [5.74, 6) is 1.37. The van der Waals surface area contributed by atoms with Gasteiger partial charge in [0.25, 0.3) is 0 Å². The normalized spacial score (nSPS) is 34.3. The molecule has 2 rings (SSSR count). The third-order valence-corrected chi connectivity index (χ3v) is 10.1. The second kappa shape index (κ2) is 8.93. The van der Waals surface area contributed by atoms with Gasteiger partial charge in [-0.3, -0.25) is 15.8 Å². The summed E-state index contributed by atoms with van der Waals surface area (Å²) >= 11 is 0. The van der Waals surface area contributed by atoms with E-state index in [4.69, 9.17) is 4.74 Å². The third-order valence-electron chi connectivity index (χ3n) is 7.39. The van der Waals surface area contributed by atoms with Crippen LogP contribution in [0.3, 0.4) is 0 Å². The Morgan fingerprint density at radius 1 is 1.15 bits per heavy atom. The van der Waals surface area contributed by atoms with Gasteiger partial charge in [-0.25, -0.2) is 0 Å². The molecule has 1 aliphatic carbocycles. The van der Waals surface area contributed by atoms with Crippen LogP contribution >= 0.6 is 10.9 Å². The SMILES string of the molecule is CC(CC[SH](C)C1CCC(O)(C(C)(C)C)CC1)N1CCOC(C(C)(C)C)C1. The highest BCUT2D eigenvalue weighted by atomic mass is 32.2. The molecule has 3 atom stereocenters. The smallest absolute Gasteiger partial charge is 0.0750 e. The summed E-state index contributed by atoms with van der Waals surface area (Å²) < 4.78 is 6.03. The average Bonchev–Trinajstić information content (AvgIpc) is 2.58. The van der Waals surface area contributed by atoms with Crippen LogP contribution in [0.4, 0.5) is 0 Å². The quantitative estimate of drug-likeness (QED) is 0.645. The van der Waals surface area contributed by atoms with Gasteiger partial charge in [0.1, 0.15) is 0 Å². The van der Waals surface area contributed by atoms with Gasteiger partial charge in [0.05, 0.1) is 18.3 Å². The van der Waals surface area contributed by atoms with Gasteiger partial charge < -0.3 is 9.84 Å². The van der Waals surface area contributed by atoms with Crippen molar-refractivity contribution in [3.05, 3.63) is 0 Å². The first kappa shape index (κ1) is 23.5. The lowest BCUT2D eigenvalue weighted by molar-refractivity contribution is -0.0884. The molecule has 2 aliphatic rings.